The summed E-state index contributed by atoms with van der Waals surface area (Å²) in [5, 5.41) is 18.5. The molecular weight excluding hydrogens is 222 g/mol. The molecular formula is C15H17N3. The Morgan fingerprint density at radius 3 is 1.83 bits per heavy atom. The highest BCUT2D eigenvalue weighted by atomic mass is 15.0. The standard InChI is InChI=1S/C15H17N3/c1-10-11(2)15(9-17)13(6-7-18(4)5)12(3)14(10)8-16/h6-7H,1-5H3/b7-6+. The van der Waals surface area contributed by atoms with Crippen LogP contribution in [0.3, 0.4) is 0 Å². The number of nitriles is 2. The maximum atomic E-state index is 9.30. The van der Waals surface area contributed by atoms with E-state index in [9.17, 15) is 10.5 Å². The molecule has 18 heavy (non-hydrogen) atoms. The molecule has 0 saturated carbocycles. The molecule has 3 heteroatoms. The summed E-state index contributed by atoms with van der Waals surface area (Å²) >= 11 is 0. The highest BCUT2D eigenvalue weighted by Crippen LogP contribution is 2.27. The lowest BCUT2D eigenvalue weighted by molar-refractivity contribution is 0.567. The predicted octanol–water partition coefficient (Wildman–Crippen LogP) is 2.89. The summed E-state index contributed by atoms with van der Waals surface area (Å²) in [7, 11) is 3.84. The topological polar surface area (TPSA) is 50.8 Å². The molecule has 0 amide bonds. The summed E-state index contributed by atoms with van der Waals surface area (Å²) in [5.41, 5.74) is 4.82. The van der Waals surface area contributed by atoms with Crippen molar-refractivity contribution in [2.75, 3.05) is 14.1 Å². The maximum Gasteiger partial charge on any atom is 0.100 e. The van der Waals surface area contributed by atoms with Gasteiger partial charge < -0.3 is 4.90 Å². The van der Waals surface area contributed by atoms with E-state index >= 15 is 0 Å². The van der Waals surface area contributed by atoms with Crippen molar-refractivity contribution < 1.29 is 0 Å². The van der Waals surface area contributed by atoms with Gasteiger partial charge in [-0.2, -0.15) is 10.5 Å². The van der Waals surface area contributed by atoms with Crippen LogP contribution in [0.25, 0.3) is 6.08 Å². The van der Waals surface area contributed by atoms with Crippen LogP contribution in [0.15, 0.2) is 6.20 Å². The number of benzene rings is 1. The Morgan fingerprint density at radius 2 is 1.39 bits per heavy atom. The van der Waals surface area contributed by atoms with Gasteiger partial charge >= 0.3 is 0 Å². The fraction of sp³-hybridized carbons (Fsp3) is 0.333. The molecule has 0 fully saturated rings. The minimum atomic E-state index is 0.655. The third kappa shape index (κ3) is 2.36. The van der Waals surface area contributed by atoms with Crippen molar-refractivity contribution in [1.29, 1.82) is 10.5 Å². The lowest BCUT2D eigenvalue weighted by Crippen LogP contribution is -2.03. The summed E-state index contributed by atoms with van der Waals surface area (Å²) in [6, 6.07) is 4.47. The van der Waals surface area contributed by atoms with E-state index < -0.39 is 0 Å². The third-order valence-electron chi connectivity index (χ3n) is 3.12. The second-order valence-electron chi connectivity index (χ2n) is 4.54. The van der Waals surface area contributed by atoms with Gasteiger partial charge in [0.25, 0.3) is 0 Å². The molecule has 1 aromatic rings. The first-order valence-electron chi connectivity index (χ1n) is 5.72. The van der Waals surface area contributed by atoms with E-state index in [1.165, 1.54) is 0 Å². The van der Waals surface area contributed by atoms with Gasteiger partial charge in [-0.25, -0.2) is 0 Å². The van der Waals surface area contributed by atoms with Gasteiger partial charge in [0, 0.05) is 14.1 Å². The number of rotatable bonds is 2. The second kappa shape index (κ2) is 5.38. The molecule has 0 aliphatic heterocycles. The molecule has 0 bridgehead atoms. The van der Waals surface area contributed by atoms with Crippen LogP contribution in [0, 0.1) is 43.4 Å². The molecule has 1 aromatic carbocycles. The van der Waals surface area contributed by atoms with Crippen LogP contribution in [0.2, 0.25) is 0 Å². The highest BCUT2D eigenvalue weighted by Gasteiger charge is 2.15. The minimum absolute atomic E-state index is 0.655. The van der Waals surface area contributed by atoms with Gasteiger partial charge in [-0.1, -0.05) is 0 Å². The average Bonchev–Trinajstić information content (AvgIpc) is 2.32. The molecule has 0 atom stereocenters. The van der Waals surface area contributed by atoms with Crippen molar-refractivity contribution in [3.63, 3.8) is 0 Å². The van der Waals surface area contributed by atoms with E-state index in [-0.39, 0.29) is 0 Å². The minimum Gasteiger partial charge on any atom is -0.383 e. The molecule has 1 rings (SSSR count). The number of hydrogen-bond donors (Lipinski definition) is 0. The van der Waals surface area contributed by atoms with E-state index in [0.29, 0.717) is 11.1 Å². The van der Waals surface area contributed by atoms with Crippen LogP contribution in [0.4, 0.5) is 0 Å². The first-order chi connectivity index (χ1) is 8.43. The van der Waals surface area contributed by atoms with Crippen LogP contribution in [0.1, 0.15) is 33.4 Å². The quantitative estimate of drug-likeness (QED) is 0.797. The molecule has 0 aliphatic carbocycles. The Balaban J connectivity index is 3.65. The molecule has 0 N–H and O–H groups in total. The summed E-state index contributed by atoms with van der Waals surface area (Å²) in [6.45, 7) is 5.67. The Labute approximate surface area is 109 Å². The van der Waals surface area contributed by atoms with Crippen LogP contribution >= 0.6 is 0 Å². The largest absolute Gasteiger partial charge is 0.383 e. The van der Waals surface area contributed by atoms with Gasteiger partial charge in [0.05, 0.1) is 17.2 Å². The highest BCUT2D eigenvalue weighted by molar-refractivity contribution is 5.69. The van der Waals surface area contributed by atoms with E-state index in [0.717, 1.165) is 22.3 Å². The molecule has 0 aromatic heterocycles. The lowest BCUT2D eigenvalue weighted by Gasteiger charge is -2.14. The van der Waals surface area contributed by atoms with Gasteiger partial charge in [-0.3, -0.25) is 0 Å². The Morgan fingerprint density at radius 1 is 0.889 bits per heavy atom. The van der Waals surface area contributed by atoms with Crippen molar-refractivity contribution in [2.24, 2.45) is 0 Å². The maximum absolute atomic E-state index is 9.30. The smallest absolute Gasteiger partial charge is 0.100 e. The Hall–Kier alpha value is -2.26. The van der Waals surface area contributed by atoms with Gasteiger partial charge in [-0.05, 0) is 55.3 Å². The SMILES string of the molecule is Cc1c(C)c(C#N)c(/C=C/N(C)C)c(C)c1C#N. The molecule has 3 nitrogen and oxygen atoms in total. The molecule has 0 heterocycles. The number of hydrogen-bond acceptors (Lipinski definition) is 3. The van der Waals surface area contributed by atoms with Crippen molar-refractivity contribution in [1.82, 2.24) is 4.90 Å². The fourth-order valence-corrected chi connectivity index (χ4v) is 1.92. The lowest BCUT2D eigenvalue weighted by atomic mass is 9.89. The first-order valence-corrected chi connectivity index (χ1v) is 5.72. The summed E-state index contributed by atoms with van der Waals surface area (Å²) < 4.78 is 0. The van der Waals surface area contributed by atoms with Crippen molar-refractivity contribution >= 4 is 6.08 Å². The molecule has 0 radical (unpaired) electrons. The molecule has 92 valence electrons. The van der Waals surface area contributed by atoms with Gasteiger partial charge in [0.2, 0.25) is 0 Å². The number of nitrogens with zero attached hydrogens (tertiary/aromatic N) is 3. The zero-order valence-electron chi connectivity index (χ0n) is 11.5. The summed E-state index contributed by atoms with van der Waals surface area (Å²) in [6.07, 6.45) is 3.78. The summed E-state index contributed by atoms with van der Waals surface area (Å²) in [5.74, 6) is 0. The van der Waals surface area contributed by atoms with Crippen molar-refractivity contribution in [2.45, 2.75) is 20.8 Å². The normalized spacial score (nSPS) is 10.2. The molecule has 0 saturated heterocycles. The predicted molar refractivity (Wildman–Crippen MR) is 72.8 cm³/mol. The molecule has 0 spiro atoms. The van der Waals surface area contributed by atoms with E-state index in [1.54, 1.807) is 0 Å². The van der Waals surface area contributed by atoms with Gasteiger partial charge in [0.15, 0.2) is 0 Å². The molecule has 0 unspecified atom stereocenters. The van der Waals surface area contributed by atoms with Crippen LogP contribution in [-0.2, 0) is 0 Å². The van der Waals surface area contributed by atoms with E-state index in [2.05, 4.69) is 12.1 Å². The van der Waals surface area contributed by atoms with Crippen molar-refractivity contribution in [3.8, 4) is 12.1 Å². The Bertz CT molecular complexity index is 581. The van der Waals surface area contributed by atoms with Gasteiger partial charge in [0.1, 0.15) is 6.07 Å². The first kappa shape index (κ1) is 13.8. The van der Waals surface area contributed by atoms with Crippen LogP contribution in [0.5, 0.6) is 0 Å². The van der Waals surface area contributed by atoms with Gasteiger partial charge in [-0.15, -0.1) is 0 Å². The third-order valence-corrected chi connectivity index (χ3v) is 3.12. The van der Waals surface area contributed by atoms with Crippen LogP contribution in [-0.4, -0.2) is 19.0 Å². The zero-order chi connectivity index (χ0) is 13.9. The van der Waals surface area contributed by atoms with Crippen LogP contribution < -0.4 is 0 Å². The fourth-order valence-electron chi connectivity index (χ4n) is 1.92. The van der Waals surface area contributed by atoms with Crippen molar-refractivity contribution in [3.05, 3.63) is 39.6 Å². The van der Waals surface area contributed by atoms with E-state index in [4.69, 9.17) is 0 Å². The average molecular weight is 239 g/mol. The Kier molecular flexibility index (Phi) is 4.13. The van der Waals surface area contributed by atoms with E-state index in [1.807, 2.05) is 52.0 Å². The second-order valence-corrected chi connectivity index (χ2v) is 4.54. The molecule has 0 aliphatic rings. The summed E-state index contributed by atoms with van der Waals surface area (Å²) in [4.78, 5) is 1.90. The zero-order valence-corrected chi connectivity index (χ0v) is 11.5. The monoisotopic (exact) mass is 239 g/mol.